The molecule has 140 valence electrons. The van der Waals surface area contributed by atoms with Gasteiger partial charge in [-0.25, -0.2) is 4.57 Å². The number of rotatable bonds is 0. The molecule has 0 saturated heterocycles. The Bertz CT molecular complexity index is 565. The van der Waals surface area contributed by atoms with Crippen molar-refractivity contribution in [2.24, 2.45) is 0 Å². The molecule has 0 saturated carbocycles. The molecule has 0 rings (SSSR count). The average Bonchev–Trinajstić information content (AvgIpc) is 2.12. The van der Waals surface area contributed by atoms with Crippen LogP contribution in [0.3, 0.4) is 0 Å². The zero-order valence-electron chi connectivity index (χ0n) is 9.55. The fourth-order valence-electron chi connectivity index (χ4n) is 0. The van der Waals surface area contributed by atoms with Gasteiger partial charge in [0, 0.05) is 0 Å². The van der Waals surface area contributed by atoms with Crippen LogP contribution in [-0.4, -0.2) is 14.7 Å². The molecule has 0 aromatic rings. The van der Waals surface area contributed by atoms with Gasteiger partial charge < -0.3 is 14.7 Å². The molecule has 0 aliphatic rings. The molecule has 0 amide bonds. The quantitative estimate of drug-likeness (QED) is 0.169. The van der Waals surface area contributed by atoms with Gasteiger partial charge in [0.05, 0.1) is 0 Å². The Morgan fingerprint density at radius 1 is 0.478 bits per heavy atom. The second kappa shape index (κ2) is 30.8. The summed E-state index contributed by atoms with van der Waals surface area (Å²) in [6, 6.07) is 0. The Kier molecular flexibility index (Phi) is 52.4. The maximum absolute atomic E-state index is 8.88. The van der Waals surface area contributed by atoms with Crippen molar-refractivity contribution in [3.8, 4) is 0 Å². The minimum absolute atomic E-state index is 0.700. The van der Waals surface area contributed by atoms with Crippen LogP contribution >= 0.6 is 7.82 Å². The van der Waals surface area contributed by atoms with E-state index in [0.29, 0.717) is 19.8 Å². The van der Waals surface area contributed by atoms with E-state index in [-0.39, 0.29) is 0 Å². The summed E-state index contributed by atoms with van der Waals surface area (Å²) in [5.74, 6) is 0. The zero-order chi connectivity index (χ0) is 20.8. The Morgan fingerprint density at radius 2 is 0.478 bits per heavy atom. The molecule has 0 aromatic heterocycles. The van der Waals surface area contributed by atoms with Crippen LogP contribution in [0.15, 0.2) is 0 Å². The monoisotopic (exact) mass is 795 g/mol. The number of hydrogen-bond donors (Lipinski definition) is 3. The molecular weight excluding hydrogens is 783 g/mol. The van der Waals surface area contributed by atoms with Crippen molar-refractivity contribution in [1.82, 2.24) is 0 Å². The third-order valence-electron chi connectivity index (χ3n) is 0. The molecule has 0 heterocycles. The van der Waals surface area contributed by atoms with Crippen molar-refractivity contribution >= 4 is 7.82 Å². The fourth-order valence-corrected chi connectivity index (χ4v) is 0. The zero-order valence-corrected chi connectivity index (χ0v) is 20.5. The molecule has 0 bridgehead atoms. The summed E-state index contributed by atoms with van der Waals surface area (Å²) in [4.78, 5) is 21.6. The SMILES string of the molecule is O=P(O)(O)O.[O]=[Mo].[O]=[Mo](=[O])=[O].[O]=[Mo](=[O])=[O].[O]=[Mo](=[O])=[O].[O]=[Mo](=[O])=[O]. The second-order valence-electron chi connectivity index (χ2n) is 1.33. The molecule has 23 heteroatoms. The van der Waals surface area contributed by atoms with Crippen LogP contribution in [0.5, 0.6) is 0 Å². The van der Waals surface area contributed by atoms with E-state index in [4.69, 9.17) is 63.4 Å². The van der Waals surface area contributed by atoms with Gasteiger partial charge in [-0.2, -0.15) is 0 Å². The summed E-state index contributed by atoms with van der Waals surface area (Å²) in [6.45, 7) is 0. The van der Waals surface area contributed by atoms with Crippen LogP contribution in [0.2, 0.25) is 0 Å². The number of phosphoric acid groups is 1. The average molecular weight is 786 g/mol. The van der Waals surface area contributed by atoms with Crippen LogP contribution in [0.25, 0.3) is 0 Å². The minimum atomic E-state index is -4.64. The molecule has 0 aliphatic carbocycles. The summed E-state index contributed by atoms with van der Waals surface area (Å²) >= 11 is -15.7. The van der Waals surface area contributed by atoms with Crippen molar-refractivity contribution in [1.29, 1.82) is 0 Å². The summed E-state index contributed by atoms with van der Waals surface area (Å²) in [6.07, 6.45) is 0. The topological polar surface area (TPSA) is 300 Å². The predicted molar refractivity (Wildman–Crippen MR) is 23.2 cm³/mol. The maximum atomic E-state index is 8.88. The van der Waals surface area contributed by atoms with E-state index < -0.39 is 76.6 Å². The van der Waals surface area contributed by atoms with Gasteiger partial charge in [0.25, 0.3) is 0 Å². The van der Waals surface area contributed by atoms with Crippen molar-refractivity contribution < 1.29 is 152 Å². The predicted octanol–water partition coefficient (Wildman–Crippen LogP) is -2.49. The van der Waals surface area contributed by atoms with Crippen LogP contribution < -0.4 is 0 Å². The van der Waals surface area contributed by atoms with Gasteiger partial charge >= 0.3 is 141 Å². The first-order valence-corrected chi connectivity index (χ1v) is 15.2. The fraction of sp³-hybridized carbons (Fsp3) is 0. The first-order valence-electron chi connectivity index (χ1n) is 2.95. The van der Waals surface area contributed by atoms with E-state index in [1.165, 1.54) is 0 Å². The first-order chi connectivity index (χ1) is 9.93. The van der Waals surface area contributed by atoms with E-state index in [1.807, 2.05) is 0 Å². The van der Waals surface area contributed by atoms with E-state index >= 15 is 0 Å². The van der Waals surface area contributed by atoms with Crippen LogP contribution in [0.4, 0.5) is 0 Å². The van der Waals surface area contributed by atoms with E-state index in [9.17, 15) is 0 Å². The molecule has 0 spiro atoms. The Hall–Kier alpha value is 0.952. The van der Waals surface area contributed by atoms with Gasteiger partial charge in [0.1, 0.15) is 0 Å². The van der Waals surface area contributed by atoms with Crippen LogP contribution in [0.1, 0.15) is 0 Å². The number of hydrogen-bond acceptors (Lipinski definition) is 14. The van der Waals surface area contributed by atoms with Crippen molar-refractivity contribution in [3.63, 3.8) is 0 Å². The van der Waals surface area contributed by atoms with Crippen molar-refractivity contribution in [2.45, 2.75) is 0 Å². The van der Waals surface area contributed by atoms with E-state index in [2.05, 4.69) is 0 Å². The first kappa shape index (κ1) is 39.2. The third-order valence-corrected chi connectivity index (χ3v) is 0. The summed E-state index contributed by atoms with van der Waals surface area (Å²) < 4.78 is 120. The van der Waals surface area contributed by atoms with Gasteiger partial charge in [-0.05, 0) is 0 Å². The molecule has 0 fully saturated rings. The van der Waals surface area contributed by atoms with Gasteiger partial charge in [-0.1, -0.05) is 0 Å². The van der Waals surface area contributed by atoms with Crippen molar-refractivity contribution in [3.05, 3.63) is 0 Å². The summed E-state index contributed by atoms with van der Waals surface area (Å²) in [5, 5.41) is 0. The molecule has 23 heavy (non-hydrogen) atoms. The Labute approximate surface area is 158 Å². The van der Waals surface area contributed by atoms with Crippen LogP contribution in [-0.2, 0) is 137 Å². The molecule has 0 radical (unpaired) electrons. The standard InChI is InChI=1S/5Mo.H3O4P.13O/c;;;;;1-5(2,3)4;;;;;;;;;;;;;/h;;;;;(H3,1,2,3,4);;;;;;;;;;;;;. The van der Waals surface area contributed by atoms with E-state index in [0.717, 1.165) is 0 Å². The molecule has 0 atom stereocenters. The summed E-state index contributed by atoms with van der Waals surface area (Å²) in [7, 11) is -4.64. The van der Waals surface area contributed by atoms with Gasteiger partial charge in [0.15, 0.2) is 0 Å². The molecular formula is H3Mo5O17P. The second-order valence-corrected chi connectivity index (χ2v) is 6.37. The summed E-state index contributed by atoms with van der Waals surface area (Å²) in [5.41, 5.74) is 0. The van der Waals surface area contributed by atoms with Gasteiger partial charge in [0.2, 0.25) is 0 Å². The normalized spacial score (nSPS) is 6.91. The van der Waals surface area contributed by atoms with E-state index in [1.54, 1.807) is 0 Å². The molecule has 0 unspecified atom stereocenters. The molecule has 3 N–H and O–H groups in total. The Morgan fingerprint density at radius 3 is 0.478 bits per heavy atom. The van der Waals surface area contributed by atoms with Crippen LogP contribution in [0, 0.1) is 0 Å². The Balaban J connectivity index is -0.0000000383. The molecule has 0 aliphatic heterocycles. The molecule has 17 nitrogen and oxygen atoms in total. The van der Waals surface area contributed by atoms with Gasteiger partial charge in [-0.15, -0.1) is 0 Å². The third kappa shape index (κ3) is 11100. The van der Waals surface area contributed by atoms with Crippen molar-refractivity contribution in [2.75, 3.05) is 0 Å². The molecule has 0 aromatic carbocycles. The van der Waals surface area contributed by atoms with Gasteiger partial charge in [-0.3, -0.25) is 0 Å².